The number of nitrogens with zero attached hydrogens (tertiary/aromatic N) is 1. The average molecular weight is 281 g/mol. The fourth-order valence-electron chi connectivity index (χ4n) is 2.88. The Bertz CT molecular complexity index is 624. The van der Waals surface area contributed by atoms with Crippen LogP contribution in [0.1, 0.15) is 17.5 Å². The molecule has 1 heterocycles. The Hall–Kier alpha value is -2.13. The van der Waals surface area contributed by atoms with Gasteiger partial charge in [-0.25, -0.2) is 0 Å². The van der Waals surface area contributed by atoms with Crippen LogP contribution in [0.15, 0.2) is 54.6 Å². The maximum atomic E-state index is 12.2. The van der Waals surface area contributed by atoms with E-state index in [4.69, 9.17) is 0 Å². The topological polar surface area (TPSA) is 40.5 Å². The number of para-hydroxylation sites is 1. The maximum absolute atomic E-state index is 12.2. The van der Waals surface area contributed by atoms with Crippen LogP contribution in [-0.4, -0.2) is 24.2 Å². The molecule has 1 fully saturated rings. The molecule has 0 aliphatic carbocycles. The zero-order chi connectivity index (χ0) is 14.7. The number of anilines is 1. The van der Waals surface area contributed by atoms with Gasteiger partial charge in [-0.05, 0) is 23.6 Å². The lowest BCUT2D eigenvalue weighted by Gasteiger charge is -2.20. The van der Waals surface area contributed by atoms with Gasteiger partial charge in [0.15, 0.2) is 0 Å². The summed E-state index contributed by atoms with van der Waals surface area (Å²) in [5, 5.41) is 9.27. The number of hydrogen-bond acceptors (Lipinski definition) is 2. The van der Waals surface area contributed by atoms with E-state index in [-0.39, 0.29) is 18.4 Å². The molecular weight excluding hydrogens is 262 g/mol. The predicted octanol–water partition coefficient (Wildman–Crippen LogP) is 2.62. The van der Waals surface area contributed by atoms with Crippen molar-refractivity contribution < 1.29 is 9.90 Å². The maximum Gasteiger partial charge on any atom is 0.227 e. The quantitative estimate of drug-likeness (QED) is 0.936. The van der Waals surface area contributed by atoms with Crippen molar-refractivity contribution in [3.8, 4) is 0 Å². The summed E-state index contributed by atoms with van der Waals surface area (Å²) >= 11 is 0. The van der Waals surface area contributed by atoms with Gasteiger partial charge < -0.3 is 10.0 Å². The molecule has 1 aliphatic heterocycles. The van der Waals surface area contributed by atoms with Gasteiger partial charge in [-0.3, -0.25) is 4.79 Å². The van der Waals surface area contributed by atoms with Crippen LogP contribution in [0.4, 0.5) is 5.69 Å². The molecule has 0 bridgehead atoms. The summed E-state index contributed by atoms with van der Waals surface area (Å²) in [4.78, 5) is 14.0. The molecule has 21 heavy (non-hydrogen) atoms. The number of carbonyl (C=O) groups excluding carboxylic acids is 1. The van der Waals surface area contributed by atoms with Crippen molar-refractivity contribution in [3.63, 3.8) is 0 Å². The minimum Gasteiger partial charge on any atom is -0.396 e. The second kappa shape index (κ2) is 6.10. The Balaban J connectivity index is 1.88. The molecule has 1 atom stereocenters. The molecule has 1 aliphatic rings. The van der Waals surface area contributed by atoms with Crippen LogP contribution in [0, 0.1) is 5.92 Å². The summed E-state index contributed by atoms with van der Waals surface area (Å²) < 4.78 is 0. The third-order valence-corrected chi connectivity index (χ3v) is 3.98. The van der Waals surface area contributed by atoms with Crippen LogP contribution in [0.25, 0.3) is 0 Å². The summed E-state index contributed by atoms with van der Waals surface area (Å²) in [6, 6.07) is 18.3. The monoisotopic (exact) mass is 281 g/mol. The van der Waals surface area contributed by atoms with E-state index in [1.165, 1.54) is 5.56 Å². The summed E-state index contributed by atoms with van der Waals surface area (Å²) in [5.41, 5.74) is 3.35. The van der Waals surface area contributed by atoms with Crippen LogP contribution in [0.3, 0.4) is 0 Å². The van der Waals surface area contributed by atoms with Crippen LogP contribution >= 0.6 is 0 Å². The van der Waals surface area contributed by atoms with E-state index >= 15 is 0 Å². The third-order valence-electron chi connectivity index (χ3n) is 3.98. The van der Waals surface area contributed by atoms with E-state index in [9.17, 15) is 9.90 Å². The molecule has 0 spiro atoms. The molecule has 1 amide bonds. The summed E-state index contributed by atoms with van der Waals surface area (Å²) in [5.74, 6) is 0.164. The van der Waals surface area contributed by atoms with E-state index in [1.54, 1.807) is 0 Å². The minimum absolute atomic E-state index is 0.0577. The van der Waals surface area contributed by atoms with Crippen molar-refractivity contribution in [1.82, 2.24) is 0 Å². The molecule has 0 radical (unpaired) electrons. The van der Waals surface area contributed by atoms with Crippen molar-refractivity contribution in [2.45, 2.75) is 12.8 Å². The molecule has 1 N–H and O–H groups in total. The first-order chi connectivity index (χ1) is 10.3. The van der Waals surface area contributed by atoms with Crippen molar-refractivity contribution in [3.05, 3.63) is 65.7 Å². The highest BCUT2D eigenvalue weighted by Gasteiger charge is 2.30. The van der Waals surface area contributed by atoms with E-state index in [2.05, 4.69) is 18.2 Å². The van der Waals surface area contributed by atoms with Gasteiger partial charge in [-0.1, -0.05) is 48.5 Å². The number of aliphatic hydroxyl groups excluding tert-OH is 1. The smallest absolute Gasteiger partial charge is 0.227 e. The molecule has 2 aromatic carbocycles. The predicted molar refractivity (Wildman–Crippen MR) is 83.2 cm³/mol. The molecule has 108 valence electrons. The van der Waals surface area contributed by atoms with Gasteiger partial charge >= 0.3 is 0 Å². The van der Waals surface area contributed by atoms with Crippen LogP contribution < -0.4 is 4.90 Å². The minimum atomic E-state index is 0.0577. The van der Waals surface area contributed by atoms with Gasteiger partial charge in [-0.15, -0.1) is 0 Å². The number of carbonyl (C=O) groups is 1. The Morgan fingerprint density at radius 3 is 2.48 bits per heavy atom. The zero-order valence-electron chi connectivity index (χ0n) is 11.9. The molecule has 1 unspecified atom stereocenters. The molecule has 0 saturated carbocycles. The Kier molecular flexibility index (Phi) is 4.02. The highest BCUT2D eigenvalue weighted by atomic mass is 16.3. The average Bonchev–Trinajstić information content (AvgIpc) is 2.90. The van der Waals surface area contributed by atoms with Gasteiger partial charge in [0.25, 0.3) is 0 Å². The Morgan fingerprint density at radius 2 is 1.76 bits per heavy atom. The van der Waals surface area contributed by atoms with Crippen molar-refractivity contribution >= 4 is 11.6 Å². The molecular formula is C18H19NO2. The van der Waals surface area contributed by atoms with Crippen LogP contribution in [0.5, 0.6) is 0 Å². The first kappa shape index (κ1) is 13.8. The number of rotatable bonds is 4. The molecule has 3 heteroatoms. The zero-order valence-corrected chi connectivity index (χ0v) is 11.9. The number of benzene rings is 2. The first-order valence-corrected chi connectivity index (χ1v) is 7.31. The standard InChI is InChI=1S/C18H19NO2/c20-13-15-11-18(21)19(12-15)17-9-5-4-8-16(17)10-14-6-2-1-3-7-14/h1-9,15,20H,10-13H2. The van der Waals surface area contributed by atoms with E-state index < -0.39 is 0 Å². The summed E-state index contributed by atoms with van der Waals surface area (Å²) in [6.07, 6.45) is 1.25. The van der Waals surface area contributed by atoms with Crippen molar-refractivity contribution in [2.24, 2.45) is 5.92 Å². The van der Waals surface area contributed by atoms with E-state index in [0.717, 1.165) is 17.7 Å². The number of hydrogen-bond donors (Lipinski definition) is 1. The second-order valence-corrected chi connectivity index (χ2v) is 5.55. The van der Waals surface area contributed by atoms with Gasteiger partial charge in [0.2, 0.25) is 5.91 Å². The summed E-state index contributed by atoms with van der Waals surface area (Å²) in [6.45, 7) is 0.685. The first-order valence-electron chi connectivity index (χ1n) is 7.31. The number of amides is 1. The van der Waals surface area contributed by atoms with Gasteiger partial charge in [-0.2, -0.15) is 0 Å². The Labute approximate surface area is 124 Å². The lowest BCUT2D eigenvalue weighted by atomic mass is 10.0. The number of aliphatic hydroxyl groups is 1. The molecule has 1 saturated heterocycles. The molecule has 2 aromatic rings. The van der Waals surface area contributed by atoms with E-state index in [0.29, 0.717) is 13.0 Å². The van der Waals surface area contributed by atoms with Gasteiger partial charge in [0.1, 0.15) is 0 Å². The SMILES string of the molecule is O=C1CC(CO)CN1c1ccccc1Cc1ccccc1. The molecule has 0 aromatic heterocycles. The van der Waals surface area contributed by atoms with Crippen molar-refractivity contribution in [1.29, 1.82) is 0 Å². The fraction of sp³-hybridized carbons (Fsp3) is 0.278. The third kappa shape index (κ3) is 2.98. The lowest BCUT2D eigenvalue weighted by molar-refractivity contribution is -0.117. The fourth-order valence-corrected chi connectivity index (χ4v) is 2.88. The normalized spacial score (nSPS) is 18.2. The van der Waals surface area contributed by atoms with E-state index in [1.807, 2.05) is 41.3 Å². The highest BCUT2D eigenvalue weighted by Crippen LogP contribution is 2.29. The lowest BCUT2D eigenvalue weighted by Crippen LogP contribution is -2.26. The molecule has 3 nitrogen and oxygen atoms in total. The van der Waals surface area contributed by atoms with Gasteiger partial charge in [0, 0.05) is 31.2 Å². The second-order valence-electron chi connectivity index (χ2n) is 5.55. The Morgan fingerprint density at radius 1 is 1.05 bits per heavy atom. The van der Waals surface area contributed by atoms with Crippen molar-refractivity contribution in [2.75, 3.05) is 18.1 Å². The largest absolute Gasteiger partial charge is 0.396 e. The highest BCUT2D eigenvalue weighted by molar-refractivity contribution is 5.96. The van der Waals surface area contributed by atoms with Crippen LogP contribution in [0.2, 0.25) is 0 Å². The van der Waals surface area contributed by atoms with Crippen LogP contribution in [-0.2, 0) is 11.2 Å². The summed E-state index contributed by atoms with van der Waals surface area (Å²) in [7, 11) is 0. The molecule has 3 rings (SSSR count). The van der Waals surface area contributed by atoms with Gasteiger partial charge in [0.05, 0.1) is 0 Å².